The molecule has 0 bridgehead atoms. The number of hydrogen-bond acceptors (Lipinski definition) is 4. The smallest absolute Gasteiger partial charge is 0.411 e. The van der Waals surface area contributed by atoms with E-state index in [-0.39, 0.29) is 43.5 Å². The van der Waals surface area contributed by atoms with Gasteiger partial charge in [-0.25, -0.2) is 4.79 Å². The molecule has 0 saturated heterocycles. The second-order valence-electron chi connectivity index (χ2n) is 9.35. The van der Waals surface area contributed by atoms with Crippen LogP contribution < -0.4 is 5.32 Å². The van der Waals surface area contributed by atoms with Gasteiger partial charge in [0, 0.05) is 19.0 Å². The highest BCUT2D eigenvalue weighted by atomic mass is 16.5. The van der Waals surface area contributed by atoms with Gasteiger partial charge in [0.15, 0.2) is 0 Å². The van der Waals surface area contributed by atoms with Crippen LogP contribution in [0.15, 0.2) is 103 Å². The molecule has 1 aliphatic rings. The third kappa shape index (κ3) is 5.83. The van der Waals surface area contributed by atoms with Crippen molar-refractivity contribution >= 4 is 23.7 Å². The van der Waals surface area contributed by atoms with Crippen LogP contribution in [0.3, 0.4) is 0 Å². The van der Waals surface area contributed by atoms with E-state index in [2.05, 4.69) is 17.4 Å². The van der Waals surface area contributed by atoms with E-state index >= 15 is 0 Å². The SMILES string of the molecule is O=C(O)CCN(Cc1ccccc1)C(=O)c1ccccc1NC(=O)OCC1c2ccccc2-c2ccccc21. The van der Waals surface area contributed by atoms with Gasteiger partial charge in [-0.1, -0.05) is 91.0 Å². The van der Waals surface area contributed by atoms with Gasteiger partial charge in [0.05, 0.1) is 17.7 Å². The summed E-state index contributed by atoms with van der Waals surface area (Å²) in [5.41, 5.74) is 5.92. The molecule has 2 N–H and O–H groups in total. The number of carbonyl (C=O) groups excluding carboxylic acids is 2. The van der Waals surface area contributed by atoms with Crippen molar-refractivity contribution in [2.45, 2.75) is 18.9 Å². The number of aliphatic carboxylic acids is 1. The van der Waals surface area contributed by atoms with Gasteiger partial charge in [0.1, 0.15) is 6.61 Å². The summed E-state index contributed by atoms with van der Waals surface area (Å²) in [4.78, 5) is 39.2. The number of amides is 2. The van der Waals surface area contributed by atoms with Gasteiger partial charge in [0.25, 0.3) is 5.91 Å². The zero-order chi connectivity index (χ0) is 27.2. The van der Waals surface area contributed by atoms with Gasteiger partial charge in [-0.2, -0.15) is 0 Å². The molecule has 7 nitrogen and oxygen atoms in total. The number of rotatable bonds is 9. The Morgan fingerprint density at radius 3 is 2.03 bits per heavy atom. The molecule has 0 fully saturated rings. The van der Waals surface area contributed by atoms with Gasteiger partial charge in [-0.3, -0.25) is 14.9 Å². The third-order valence-electron chi connectivity index (χ3n) is 6.84. The predicted octanol–water partition coefficient (Wildman–Crippen LogP) is 6.16. The highest BCUT2D eigenvalue weighted by Gasteiger charge is 2.29. The van der Waals surface area contributed by atoms with Crippen LogP contribution in [-0.4, -0.2) is 41.1 Å². The predicted molar refractivity (Wildman–Crippen MR) is 149 cm³/mol. The minimum absolute atomic E-state index is 0.0301. The zero-order valence-electron chi connectivity index (χ0n) is 21.2. The Bertz CT molecular complexity index is 1460. The highest BCUT2D eigenvalue weighted by molar-refractivity contribution is 6.02. The first-order valence-corrected chi connectivity index (χ1v) is 12.8. The first-order chi connectivity index (χ1) is 19.0. The minimum atomic E-state index is -0.995. The van der Waals surface area contributed by atoms with Crippen molar-refractivity contribution in [3.8, 4) is 11.1 Å². The van der Waals surface area contributed by atoms with Crippen molar-refractivity contribution in [3.05, 3.63) is 125 Å². The van der Waals surface area contributed by atoms with Crippen molar-refractivity contribution in [1.29, 1.82) is 0 Å². The lowest BCUT2D eigenvalue weighted by molar-refractivity contribution is -0.137. The summed E-state index contributed by atoms with van der Waals surface area (Å²) < 4.78 is 5.66. The van der Waals surface area contributed by atoms with E-state index < -0.39 is 12.1 Å². The fourth-order valence-electron chi connectivity index (χ4n) is 4.98. The summed E-state index contributed by atoms with van der Waals surface area (Å²) >= 11 is 0. The van der Waals surface area contributed by atoms with Gasteiger partial charge >= 0.3 is 12.1 Å². The Kier molecular flexibility index (Phi) is 7.68. The van der Waals surface area contributed by atoms with Crippen molar-refractivity contribution < 1.29 is 24.2 Å². The lowest BCUT2D eigenvalue weighted by Gasteiger charge is -2.23. The number of hydrogen-bond donors (Lipinski definition) is 2. The van der Waals surface area contributed by atoms with Crippen LogP contribution in [0.1, 0.15) is 39.4 Å². The van der Waals surface area contributed by atoms with Crippen LogP contribution >= 0.6 is 0 Å². The maximum Gasteiger partial charge on any atom is 0.411 e. The van der Waals surface area contributed by atoms with Crippen LogP contribution in [0, 0.1) is 0 Å². The van der Waals surface area contributed by atoms with Crippen LogP contribution in [0.25, 0.3) is 11.1 Å². The molecule has 196 valence electrons. The Morgan fingerprint density at radius 2 is 1.36 bits per heavy atom. The third-order valence-corrected chi connectivity index (χ3v) is 6.84. The fraction of sp³-hybridized carbons (Fsp3) is 0.156. The Balaban J connectivity index is 1.30. The molecular formula is C32H28N2O5. The van der Waals surface area contributed by atoms with Crippen molar-refractivity contribution in [1.82, 2.24) is 4.90 Å². The number of carboxylic acids is 1. The summed E-state index contributed by atoms with van der Waals surface area (Å²) in [5.74, 6) is -1.46. The average molecular weight is 521 g/mol. The quantitative estimate of drug-likeness (QED) is 0.275. The Hall–Kier alpha value is -4.91. The number of nitrogens with zero attached hydrogens (tertiary/aromatic N) is 1. The zero-order valence-corrected chi connectivity index (χ0v) is 21.2. The summed E-state index contributed by atoms with van der Waals surface area (Å²) in [7, 11) is 0. The number of ether oxygens (including phenoxy) is 1. The number of para-hydroxylation sites is 1. The molecule has 1 aliphatic carbocycles. The molecule has 0 heterocycles. The minimum Gasteiger partial charge on any atom is -0.481 e. The van der Waals surface area contributed by atoms with E-state index in [1.54, 1.807) is 24.3 Å². The first kappa shape index (κ1) is 25.7. The Labute approximate surface area is 226 Å². The Morgan fingerprint density at radius 1 is 0.769 bits per heavy atom. The standard InChI is InChI=1S/C32H28N2O5/c35-30(36)18-19-34(20-22-10-2-1-3-11-22)31(37)27-16-8-9-17-29(27)33-32(38)39-21-28-25-14-6-4-12-23(25)24-13-5-7-15-26(24)28/h1-17,28H,18-21H2,(H,33,38)(H,35,36). The average Bonchev–Trinajstić information content (AvgIpc) is 3.28. The summed E-state index contributed by atoms with van der Waals surface area (Å²) in [6.07, 6.45) is -0.863. The van der Waals surface area contributed by atoms with E-state index in [0.29, 0.717) is 5.69 Å². The molecule has 0 aliphatic heterocycles. The molecule has 2 amide bonds. The summed E-state index contributed by atoms with van der Waals surface area (Å²) in [6.45, 7) is 0.420. The maximum atomic E-state index is 13.5. The van der Waals surface area contributed by atoms with Crippen LogP contribution in [0.4, 0.5) is 10.5 Å². The molecule has 0 atom stereocenters. The molecule has 4 aromatic rings. The lowest BCUT2D eigenvalue weighted by atomic mass is 9.98. The number of anilines is 1. The van der Waals surface area contributed by atoms with Crippen molar-refractivity contribution in [2.75, 3.05) is 18.5 Å². The summed E-state index contributed by atoms with van der Waals surface area (Å²) in [6, 6.07) is 32.2. The van der Waals surface area contributed by atoms with Crippen molar-refractivity contribution in [3.63, 3.8) is 0 Å². The molecule has 0 spiro atoms. The normalized spacial score (nSPS) is 11.8. The van der Waals surface area contributed by atoms with Gasteiger partial charge < -0.3 is 14.7 Å². The second kappa shape index (κ2) is 11.6. The van der Waals surface area contributed by atoms with Crippen LogP contribution in [0.2, 0.25) is 0 Å². The highest BCUT2D eigenvalue weighted by Crippen LogP contribution is 2.44. The molecule has 7 heteroatoms. The molecule has 0 unspecified atom stereocenters. The van der Waals surface area contributed by atoms with Gasteiger partial charge in [-0.05, 0) is 39.9 Å². The number of carbonyl (C=O) groups is 3. The molecule has 4 aromatic carbocycles. The molecular weight excluding hydrogens is 492 g/mol. The van der Waals surface area contributed by atoms with Crippen LogP contribution in [-0.2, 0) is 16.1 Å². The second-order valence-corrected chi connectivity index (χ2v) is 9.35. The molecule has 0 radical (unpaired) electrons. The monoisotopic (exact) mass is 520 g/mol. The maximum absolute atomic E-state index is 13.5. The summed E-state index contributed by atoms with van der Waals surface area (Å²) in [5, 5.41) is 11.9. The van der Waals surface area contributed by atoms with E-state index in [1.807, 2.05) is 66.7 Å². The largest absolute Gasteiger partial charge is 0.481 e. The van der Waals surface area contributed by atoms with Crippen molar-refractivity contribution in [2.24, 2.45) is 0 Å². The van der Waals surface area contributed by atoms with E-state index in [4.69, 9.17) is 4.74 Å². The molecule has 39 heavy (non-hydrogen) atoms. The molecule has 5 rings (SSSR count). The number of nitrogens with one attached hydrogen (secondary N) is 1. The van der Waals surface area contributed by atoms with E-state index in [0.717, 1.165) is 27.8 Å². The molecule has 0 saturated carbocycles. The number of carboxylic acid groups (broad SMARTS) is 1. The van der Waals surface area contributed by atoms with Gasteiger partial charge in [-0.15, -0.1) is 0 Å². The van der Waals surface area contributed by atoms with Crippen LogP contribution in [0.5, 0.6) is 0 Å². The van der Waals surface area contributed by atoms with Gasteiger partial charge in [0.2, 0.25) is 0 Å². The molecule has 0 aromatic heterocycles. The fourth-order valence-corrected chi connectivity index (χ4v) is 4.98. The van der Waals surface area contributed by atoms with E-state index in [9.17, 15) is 19.5 Å². The number of benzene rings is 4. The lowest BCUT2D eigenvalue weighted by Crippen LogP contribution is -2.33. The van der Waals surface area contributed by atoms with E-state index in [1.165, 1.54) is 4.90 Å². The topological polar surface area (TPSA) is 95.9 Å². The first-order valence-electron chi connectivity index (χ1n) is 12.8. The number of fused-ring (bicyclic) bond motifs is 3.